The van der Waals surface area contributed by atoms with Crippen molar-refractivity contribution in [3.05, 3.63) is 11.5 Å². The highest BCUT2D eigenvalue weighted by Gasteiger charge is 1.69. The molecule has 0 unspecified atom stereocenters. The van der Waals surface area contributed by atoms with E-state index in [1.54, 1.807) is 17.8 Å². The maximum absolute atomic E-state index is 9.64. The first-order valence-corrected chi connectivity index (χ1v) is 4.45. The van der Waals surface area contributed by atoms with E-state index >= 15 is 0 Å². The molecule has 0 aliphatic rings. The molecule has 0 amide bonds. The maximum Gasteiger partial charge on any atom is 0.405 e. The van der Waals surface area contributed by atoms with Gasteiger partial charge in [0.05, 0.1) is 0 Å². The standard InChI is InChI=1S/C6H7O2PS/c1-2-10-6-4-3-5-8-9-7/h4,6H,2H2,1H3. The molecule has 10 heavy (non-hydrogen) atoms. The predicted octanol–water partition coefficient (Wildman–Crippen LogP) is 2.44. The molecule has 0 rings (SSSR count). The Morgan fingerprint density at radius 1 is 1.80 bits per heavy atom. The first-order chi connectivity index (χ1) is 4.91. The average Bonchev–Trinajstić information content (AvgIpc) is 1.97. The van der Waals surface area contributed by atoms with Crippen LogP contribution in [0.1, 0.15) is 6.92 Å². The van der Waals surface area contributed by atoms with Crippen LogP contribution in [0.15, 0.2) is 11.5 Å². The van der Waals surface area contributed by atoms with Gasteiger partial charge in [0.15, 0.2) is 0 Å². The molecule has 0 aliphatic heterocycles. The van der Waals surface area contributed by atoms with Gasteiger partial charge >= 0.3 is 8.69 Å². The quantitative estimate of drug-likeness (QED) is 0.485. The molecule has 54 valence electrons. The van der Waals surface area contributed by atoms with Gasteiger partial charge in [-0.3, -0.25) is 0 Å². The lowest BCUT2D eigenvalue weighted by Gasteiger charge is -1.77. The third-order valence-electron chi connectivity index (χ3n) is 0.556. The summed E-state index contributed by atoms with van der Waals surface area (Å²) in [6, 6.07) is 0. The van der Waals surface area contributed by atoms with Crippen molar-refractivity contribution in [1.29, 1.82) is 0 Å². The second kappa shape index (κ2) is 8.55. The van der Waals surface area contributed by atoms with Crippen molar-refractivity contribution in [2.45, 2.75) is 6.92 Å². The molecule has 0 saturated heterocycles. The van der Waals surface area contributed by atoms with Crippen LogP contribution >= 0.6 is 20.4 Å². The molecule has 0 aromatic carbocycles. The highest BCUT2D eigenvalue weighted by Crippen LogP contribution is 1.98. The number of thioether (sulfide) groups is 1. The van der Waals surface area contributed by atoms with E-state index in [0.717, 1.165) is 5.75 Å². The predicted molar refractivity (Wildman–Crippen MR) is 43.7 cm³/mol. The minimum Gasteiger partial charge on any atom is -0.353 e. The molecule has 4 heteroatoms. The summed E-state index contributed by atoms with van der Waals surface area (Å²) in [6.07, 6.45) is 3.87. The molecule has 0 saturated carbocycles. The minimum absolute atomic E-state index is 0.397. The summed E-state index contributed by atoms with van der Waals surface area (Å²) < 4.78 is 13.8. The summed E-state index contributed by atoms with van der Waals surface area (Å²) in [4.78, 5) is 0. The molecule has 0 spiro atoms. The number of hydrogen-bond donors (Lipinski definition) is 0. The lowest BCUT2D eigenvalue weighted by atomic mass is 10.7. The van der Waals surface area contributed by atoms with Gasteiger partial charge in [-0.15, -0.1) is 11.8 Å². The molecule has 2 nitrogen and oxygen atoms in total. The van der Waals surface area contributed by atoms with Crippen molar-refractivity contribution >= 4 is 20.4 Å². The van der Waals surface area contributed by atoms with Gasteiger partial charge in [0.1, 0.15) is 6.11 Å². The van der Waals surface area contributed by atoms with Gasteiger partial charge in [0.25, 0.3) is 0 Å². The Labute approximate surface area is 66.3 Å². The normalized spacial score (nSPS) is 9.30. The number of allylic oxidation sites excluding steroid dienone is 1. The first kappa shape index (κ1) is 9.55. The highest BCUT2D eigenvalue weighted by molar-refractivity contribution is 8.02. The minimum atomic E-state index is -0.397. The molecule has 0 radical (unpaired) electrons. The topological polar surface area (TPSA) is 26.3 Å². The fourth-order valence-electron chi connectivity index (χ4n) is 0.257. The second-order valence-corrected chi connectivity index (χ2v) is 2.68. The lowest BCUT2D eigenvalue weighted by molar-refractivity contribution is 0.506. The van der Waals surface area contributed by atoms with Crippen LogP contribution in [-0.4, -0.2) is 5.75 Å². The third-order valence-corrected chi connectivity index (χ3v) is 1.38. The van der Waals surface area contributed by atoms with E-state index in [2.05, 4.69) is 23.5 Å². The summed E-state index contributed by atoms with van der Waals surface area (Å²) in [7, 11) is -0.397. The van der Waals surface area contributed by atoms with Crippen LogP contribution in [0, 0.1) is 12.0 Å². The Hall–Kier alpha value is -0.450. The van der Waals surface area contributed by atoms with Gasteiger partial charge in [-0.2, -0.15) is 0 Å². The van der Waals surface area contributed by atoms with Gasteiger partial charge in [0.2, 0.25) is 0 Å². The molecular weight excluding hydrogens is 167 g/mol. The van der Waals surface area contributed by atoms with Gasteiger partial charge in [0, 0.05) is 0 Å². The number of rotatable bonds is 3. The van der Waals surface area contributed by atoms with E-state index in [9.17, 15) is 4.57 Å². The van der Waals surface area contributed by atoms with Crippen LogP contribution in [-0.2, 0) is 9.09 Å². The molecule has 0 bridgehead atoms. The van der Waals surface area contributed by atoms with E-state index < -0.39 is 8.69 Å². The van der Waals surface area contributed by atoms with Gasteiger partial charge in [-0.25, -0.2) is 4.57 Å². The SMILES string of the molecule is CCSC=CC#COP=O. The lowest BCUT2D eigenvalue weighted by Crippen LogP contribution is -1.57. The van der Waals surface area contributed by atoms with Crippen LogP contribution in [0.2, 0.25) is 0 Å². The molecule has 0 N–H and O–H groups in total. The molecule has 0 atom stereocenters. The Kier molecular flexibility index (Phi) is 8.17. The second-order valence-electron chi connectivity index (χ2n) is 1.17. The van der Waals surface area contributed by atoms with Crippen molar-refractivity contribution in [3.8, 4) is 12.0 Å². The van der Waals surface area contributed by atoms with Crippen molar-refractivity contribution in [1.82, 2.24) is 0 Å². The zero-order valence-electron chi connectivity index (χ0n) is 5.53. The fraction of sp³-hybridized carbons (Fsp3) is 0.333. The molecule has 0 fully saturated rings. The van der Waals surface area contributed by atoms with Crippen molar-refractivity contribution in [2.24, 2.45) is 0 Å². The van der Waals surface area contributed by atoms with Crippen LogP contribution < -0.4 is 0 Å². The Bertz CT molecular complexity index is 168. The Morgan fingerprint density at radius 3 is 3.20 bits per heavy atom. The average molecular weight is 174 g/mol. The van der Waals surface area contributed by atoms with Crippen LogP contribution in [0.3, 0.4) is 0 Å². The molecule has 0 aromatic heterocycles. The zero-order valence-corrected chi connectivity index (χ0v) is 7.24. The summed E-state index contributed by atoms with van der Waals surface area (Å²) in [5, 5.41) is 1.86. The molecule has 0 aliphatic carbocycles. The monoisotopic (exact) mass is 174 g/mol. The molecular formula is C6H7O2PS. The van der Waals surface area contributed by atoms with E-state index in [4.69, 9.17) is 0 Å². The third kappa shape index (κ3) is 7.55. The van der Waals surface area contributed by atoms with Gasteiger partial charge in [-0.05, 0) is 23.2 Å². The summed E-state index contributed by atoms with van der Waals surface area (Å²) >= 11 is 1.65. The Balaban J connectivity index is 3.33. The van der Waals surface area contributed by atoms with E-state index in [-0.39, 0.29) is 0 Å². The van der Waals surface area contributed by atoms with E-state index in [1.165, 1.54) is 0 Å². The van der Waals surface area contributed by atoms with Crippen molar-refractivity contribution < 1.29 is 9.09 Å². The summed E-state index contributed by atoms with van der Waals surface area (Å²) in [5.41, 5.74) is 0. The molecule has 0 aromatic rings. The largest absolute Gasteiger partial charge is 0.405 e. The van der Waals surface area contributed by atoms with Gasteiger partial charge < -0.3 is 4.52 Å². The summed E-state index contributed by atoms with van der Waals surface area (Å²) in [5.74, 6) is 3.57. The van der Waals surface area contributed by atoms with E-state index in [0.29, 0.717) is 0 Å². The van der Waals surface area contributed by atoms with Crippen LogP contribution in [0.5, 0.6) is 0 Å². The van der Waals surface area contributed by atoms with Crippen LogP contribution in [0.25, 0.3) is 0 Å². The van der Waals surface area contributed by atoms with E-state index in [1.807, 2.05) is 5.41 Å². The maximum atomic E-state index is 9.64. The fourth-order valence-corrected chi connectivity index (χ4v) is 0.704. The summed E-state index contributed by atoms with van der Waals surface area (Å²) in [6.45, 7) is 2.05. The smallest absolute Gasteiger partial charge is 0.353 e. The molecule has 0 heterocycles. The first-order valence-electron chi connectivity index (χ1n) is 2.67. The van der Waals surface area contributed by atoms with Crippen molar-refractivity contribution in [3.63, 3.8) is 0 Å². The van der Waals surface area contributed by atoms with Gasteiger partial charge in [-0.1, -0.05) is 6.92 Å². The Morgan fingerprint density at radius 2 is 2.60 bits per heavy atom. The van der Waals surface area contributed by atoms with Crippen molar-refractivity contribution in [2.75, 3.05) is 5.75 Å². The number of hydrogen-bond acceptors (Lipinski definition) is 3. The van der Waals surface area contributed by atoms with Crippen LogP contribution in [0.4, 0.5) is 0 Å². The highest BCUT2D eigenvalue weighted by atomic mass is 32.2. The zero-order chi connectivity index (χ0) is 7.66.